The van der Waals surface area contributed by atoms with E-state index in [2.05, 4.69) is 0 Å². The number of ether oxygens (including phenoxy) is 1. The first-order valence-electron chi connectivity index (χ1n) is 6.38. The predicted octanol–water partition coefficient (Wildman–Crippen LogP) is 2.41. The summed E-state index contributed by atoms with van der Waals surface area (Å²) in [6.07, 6.45) is 0.333. The van der Waals surface area contributed by atoms with Crippen molar-refractivity contribution < 1.29 is 19.4 Å². The van der Waals surface area contributed by atoms with Gasteiger partial charge in [-0.25, -0.2) is 4.79 Å². The van der Waals surface area contributed by atoms with Crippen LogP contribution in [0.5, 0.6) is 5.75 Å². The van der Waals surface area contributed by atoms with Gasteiger partial charge in [-0.2, -0.15) is 0 Å². The Labute approximate surface area is 125 Å². The molecule has 1 aromatic heterocycles. The quantitative estimate of drug-likeness (QED) is 0.945. The van der Waals surface area contributed by atoms with Crippen LogP contribution in [-0.4, -0.2) is 30.1 Å². The second-order valence-corrected chi connectivity index (χ2v) is 5.62. The van der Waals surface area contributed by atoms with Gasteiger partial charge >= 0.3 is 5.97 Å². The van der Waals surface area contributed by atoms with Crippen molar-refractivity contribution >= 4 is 28.9 Å². The number of anilines is 1. The van der Waals surface area contributed by atoms with E-state index in [1.807, 2.05) is 12.1 Å². The maximum Gasteiger partial charge on any atom is 0.327 e. The van der Waals surface area contributed by atoms with Crippen molar-refractivity contribution in [2.24, 2.45) is 0 Å². The van der Waals surface area contributed by atoms with Crippen LogP contribution in [0.2, 0.25) is 0 Å². The van der Waals surface area contributed by atoms with Crippen LogP contribution in [0.4, 0.5) is 5.69 Å². The summed E-state index contributed by atoms with van der Waals surface area (Å²) in [6.45, 7) is 0. The second kappa shape index (κ2) is 5.21. The minimum absolute atomic E-state index is 0.305. The first kappa shape index (κ1) is 13.6. The first-order chi connectivity index (χ1) is 10.1. The average Bonchev–Trinajstić information content (AvgIpc) is 3.11. The van der Waals surface area contributed by atoms with E-state index in [0.29, 0.717) is 22.7 Å². The number of benzene rings is 1. The van der Waals surface area contributed by atoms with E-state index in [-0.39, 0.29) is 5.91 Å². The number of nitrogens with zero attached hydrogens (tertiary/aromatic N) is 1. The monoisotopic (exact) mass is 303 g/mol. The van der Waals surface area contributed by atoms with Gasteiger partial charge in [-0.15, -0.1) is 11.3 Å². The van der Waals surface area contributed by atoms with Gasteiger partial charge < -0.3 is 9.84 Å². The zero-order valence-electron chi connectivity index (χ0n) is 11.3. The molecule has 0 radical (unpaired) electrons. The predicted molar refractivity (Wildman–Crippen MR) is 79.3 cm³/mol. The van der Waals surface area contributed by atoms with E-state index in [1.54, 1.807) is 23.6 Å². The molecular weight excluding hydrogens is 290 g/mol. The van der Waals surface area contributed by atoms with Crippen molar-refractivity contribution in [3.8, 4) is 5.75 Å². The first-order valence-corrected chi connectivity index (χ1v) is 7.26. The fourth-order valence-corrected chi connectivity index (χ4v) is 3.28. The molecule has 2 aromatic rings. The third-order valence-electron chi connectivity index (χ3n) is 3.50. The second-order valence-electron chi connectivity index (χ2n) is 4.71. The Morgan fingerprint density at radius 1 is 1.38 bits per heavy atom. The zero-order chi connectivity index (χ0) is 15.0. The summed E-state index contributed by atoms with van der Waals surface area (Å²) in [5.41, 5.74) is 1.55. The van der Waals surface area contributed by atoms with Crippen molar-refractivity contribution in [1.29, 1.82) is 0 Å². The van der Waals surface area contributed by atoms with Crippen molar-refractivity contribution in [2.75, 3.05) is 12.0 Å². The Kier molecular flexibility index (Phi) is 3.39. The van der Waals surface area contributed by atoms with Crippen LogP contribution in [0.25, 0.3) is 0 Å². The van der Waals surface area contributed by atoms with Gasteiger partial charge in [-0.1, -0.05) is 18.2 Å². The van der Waals surface area contributed by atoms with Gasteiger partial charge in [0.15, 0.2) is 0 Å². The number of hydrogen-bond donors (Lipinski definition) is 1. The average molecular weight is 303 g/mol. The Hall–Kier alpha value is -2.34. The highest BCUT2D eigenvalue weighted by atomic mass is 32.1. The summed E-state index contributed by atoms with van der Waals surface area (Å²) < 4.78 is 5.07. The minimum atomic E-state index is -0.997. The van der Waals surface area contributed by atoms with E-state index in [0.717, 1.165) is 5.56 Å². The lowest BCUT2D eigenvalue weighted by molar-refractivity contribution is -0.138. The molecule has 0 saturated carbocycles. The molecule has 6 heteroatoms. The van der Waals surface area contributed by atoms with Crippen molar-refractivity contribution in [1.82, 2.24) is 0 Å². The fraction of sp³-hybridized carbons (Fsp3) is 0.200. The highest BCUT2D eigenvalue weighted by Crippen LogP contribution is 2.35. The molecular formula is C15H13NO4S. The summed E-state index contributed by atoms with van der Waals surface area (Å²) in [5, 5.41) is 11.1. The SMILES string of the molecule is COc1csc(C(=O)N2c3ccccc3C[C@H]2C(=O)O)c1. The Morgan fingerprint density at radius 2 is 2.14 bits per heavy atom. The van der Waals surface area contributed by atoms with Crippen LogP contribution < -0.4 is 9.64 Å². The maximum atomic E-state index is 12.7. The molecule has 0 unspecified atom stereocenters. The van der Waals surface area contributed by atoms with Gasteiger partial charge in [0, 0.05) is 23.6 Å². The number of carboxylic acid groups (broad SMARTS) is 1. The highest BCUT2D eigenvalue weighted by molar-refractivity contribution is 7.12. The highest BCUT2D eigenvalue weighted by Gasteiger charge is 2.39. The van der Waals surface area contributed by atoms with E-state index in [1.165, 1.54) is 23.3 Å². The molecule has 0 aliphatic carbocycles. The molecule has 1 aliphatic heterocycles. The molecule has 1 atom stereocenters. The fourth-order valence-electron chi connectivity index (χ4n) is 2.49. The van der Waals surface area contributed by atoms with Crippen LogP contribution in [0.3, 0.4) is 0 Å². The zero-order valence-corrected chi connectivity index (χ0v) is 12.1. The number of thiophene rings is 1. The van der Waals surface area contributed by atoms with Crippen LogP contribution in [0.1, 0.15) is 15.2 Å². The number of aliphatic carboxylic acids is 1. The lowest BCUT2D eigenvalue weighted by Crippen LogP contribution is -2.42. The lowest BCUT2D eigenvalue weighted by atomic mass is 10.1. The number of methoxy groups -OCH3 is 1. The minimum Gasteiger partial charge on any atom is -0.496 e. The van der Waals surface area contributed by atoms with Gasteiger partial charge in [0.1, 0.15) is 11.8 Å². The summed E-state index contributed by atoms with van der Waals surface area (Å²) in [6, 6.07) is 8.06. The molecule has 1 amide bonds. The molecule has 3 rings (SSSR count). The van der Waals surface area contributed by atoms with Gasteiger partial charge in [-0.05, 0) is 11.6 Å². The molecule has 1 aromatic carbocycles. The smallest absolute Gasteiger partial charge is 0.327 e. The number of carboxylic acids is 1. The number of para-hydroxylation sites is 1. The lowest BCUT2D eigenvalue weighted by Gasteiger charge is -2.21. The summed E-state index contributed by atoms with van der Waals surface area (Å²) in [5.74, 6) is -0.702. The number of amides is 1. The Morgan fingerprint density at radius 3 is 2.81 bits per heavy atom. The third kappa shape index (κ3) is 2.27. The van der Waals surface area contributed by atoms with Crippen molar-refractivity contribution in [3.05, 3.63) is 46.2 Å². The van der Waals surface area contributed by atoms with Crippen molar-refractivity contribution in [3.63, 3.8) is 0 Å². The molecule has 0 bridgehead atoms. The van der Waals surface area contributed by atoms with Crippen molar-refractivity contribution in [2.45, 2.75) is 12.5 Å². The normalized spacial score (nSPS) is 16.6. The number of hydrogen-bond acceptors (Lipinski definition) is 4. The summed E-state index contributed by atoms with van der Waals surface area (Å²) >= 11 is 1.25. The standard InChI is InChI=1S/C15H13NO4S/c1-20-10-7-13(21-8-10)14(17)16-11-5-3-2-4-9(11)6-12(16)15(18)19/h2-5,7-8,12H,6H2,1H3,(H,18,19)/t12-/m0/s1. The molecule has 0 saturated heterocycles. The van der Waals surface area contributed by atoms with Crippen LogP contribution in [-0.2, 0) is 11.2 Å². The van der Waals surface area contributed by atoms with Crippen LogP contribution >= 0.6 is 11.3 Å². The molecule has 1 N–H and O–H groups in total. The van der Waals surface area contributed by atoms with E-state index >= 15 is 0 Å². The molecule has 0 spiro atoms. The largest absolute Gasteiger partial charge is 0.496 e. The molecule has 5 nitrogen and oxygen atoms in total. The van der Waals surface area contributed by atoms with E-state index < -0.39 is 12.0 Å². The van der Waals surface area contributed by atoms with Gasteiger partial charge in [-0.3, -0.25) is 9.69 Å². The molecule has 108 valence electrons. The van der Waals surface area contributed by atoms with Crippen LogP contribution in [0.15, 0.2) is 35.7 Å². The van der Waals surface area contributed by atoms with E-state index in [9.17, 15) is 14.7 Å². The van der Waals surface area contributed by atoms with Crippen LogP contribution in [0, 0.1) is 0 Å². The summed E-state index contributed by atoms with van der Waals surface area (Å²) in [4.78, 5) is 26.0. The number of rotatable bonds is 3. The molecule has 21 heavy (non-hydrogen) atoms. The third-order valence-corrected chi connectivity index (χ3v) is 4.40. The van der Waals surface area contributed by atoms with E-state index in [4.69, 9.17) is 4.74 Å². The summed E-state index contributed by atoms with van der Waals surface area (Å²) in [7, 11) is 1.53. The topological polar surface area (TPSA) is 66.8 Å². The number of fused-ring (bicyclic) bond motifs is 1. The Bertz CT molecular complexity index is 709. The van der Waals surface area contributed by atoms with Gasteiger partial charge in [0.05, 0.1) is 12.0 Å². The Balaban J connectivity index is 2.01. The van der Waals surface area contributed by atoms with Gasteiger partial charge in [0.2, 0.25) is 0 Å². The molecule has 2 heterocycles. The number of carbonyl (C=O) groups is 2. The molecule has 0 fully saturated rings. The van der Waals surface area contributed by atoms with Gasteiger partial charge in [0.25, 0.3) is 5.91 Å². The maximum absolute atomic E-state index is 12.7. The molecule has 1 aliphatic rings. The number of carbonyl (C=O) groups excluding carboxylic acids is 1.